The molecule has 0 bridgehead atoms. The Morgan fingerprint density at radius 1 is 1.00 bits per heavy atom. The second-order valence-electron chi connectivity index (χ2n) is 6.58. The van der Waals surface area contributed by atoms with Crippen LogP contribution >= 0.6 is 0 Å². The van der Waals surface area contributed by atoms with Crippen LogP contribution in [0.2, 0.25) is 0 Å². The van der Waals surface area contributed by atoms with Crippen LogP contribution in [0.4, 0.5) is 5.69 Å². The first kappa shape index (κ1) is 19.4. The lowest BCUT2D eigenvalue weighted by Crippen LogP contribution is -2.07. The second-order valence-corrected chi connectivity index (χ2v) is 6.58. The van der Waals surface area contributed by atoms with Gasteiger partial charge in [0.1, 0.15) is 6.61 Å². The molecule has 0 aliphatic carbocycles. The van der Waals surface area contributed by atoms with Crippen LogP contribution in [-0.2, 0) is 11.4 Å². The smallest absolute Gasteiger partial charge is 0.248 e. The van der Waals surface area contributed by atoms with Gasteiger partial charge in [-0.1, -0.05) is 36.4 Å². The third-order valence-corrected chi connectivity index (χ3v) is 4.49. The van der Waals surface area contributed by atoms with Gasteiger partial charge in [0.2, 0.25) is 12.7 Å². The molecule has 30 heavy (non-hydrogen) atoms. The minimum atomic E-state index is -0.253. The van der Waals surface area contributed by atoms with Crippen molar-refractivity contribution >= 4 is 17.7 Å². The molecule has 1 heterocycles. The number of hydrogen-bond donors (Lipinski definition) is 1. The molecule has 1 N–H and O–H groups in total. The summed E-state index contributed by atoms with van der Waals surface area (Å²) in [7, 11) is 1.59. The van der Waals surface area contributed by atoms with Gasteiger partial charge in [-0.2, -0.15) is 0 Å². The van der Waals surface area contributed by atoms with E-state index in [1.165, 1.54) is 6.08 Å². The number of carbonyl (C=O) groups excluding carboxylic acids is 1. The topological polar surface area (TPSA) is 66.0 Å². The van der Waals surface area contributed by atoms with Crippen LogP contribution in [0.25, 0.3) is 6.08 Å². The fraction of sp³-hybridized carbons (Fsp3) is 0.125. The minimum Gasteiger partial charge on any atom is -0.493 e. The molecule has 0 radical (unpaired) electrons. The minimum absolute atomic E-state index is 0.194. The lowest BCUT2D eigenvalue weighted by Gasteiger charge is -2.11. The molecule has 4 rings (SSSR count). The standard InChI is InChI=1S/C24H21NO5/c1-27-22-13-17(7-10-20(22)28-15-18-5-3-2-4-6-18)8-12-24(26)25-19-9-11-21-23(14-19)30-16-29-21/h2-14H,15-16H2,1H3,(H,25,26)/b12-8-. The van der Waals surface area contributed by atoms with Crippen LogP contribution in [0.1, 0.15) is 11.1 Å². The van der Waals surface area contributed by atoms with E-state index < -0.39 is 0 Å². The molecule has 6 heteroatoms. The van der Waals surface area contributed by atoms with E-state index in [-0.39, 0.29) is 12.7 Å². The average molecular weight is 403 g/mol. The Morgan fingerprint density at radius 3 is 2.67 bits per heavy atom. The Labute approximate surface area is 174 Å². The van der Waals surface area contributed by atoms with Crippen LogP contribution in [0, 0.1) is 0 Å². The molecule has 0 aromatic heterocycles. The van der Waals surface area contributed by atoms with Crippen molar-refractivity contribution < 1.29 is 23.7 Å². The summed E-state index contributed by atoms with van der Waals surface area (Å²) in [5, 5.41) is 2.80. The van der Waals surface area contributed by atoms with Crippen molar-refractivity contribution in [1.82, 2.24) is 0 Å². The number of amides is 1. The summed E-state index contributed by atoms with van der Waals surface area (Å²) in [4.78, 5) is 12.2. The highest BCUT2D eigenvalue weighted by atomic mass is 16.7. The van der Waals surface area contributed by atoms with E-state index in [2.05, 4.69) is 5.32 Å². The van der Waals surface area contributed by atoms with Crippen molar-refractivity contribution in [3.63, 3.8) is 0 Å². The molecule has 0 spiro atoms. The summed E-state index contributed by atoms with van der Waals surface area (Å²) >= 11 is 0. The molecular weight excluding hydrogens is 382 g/mol. The summed E-state index contributed by atoms with van der Waals surface area (Å²) in [5.74, 6) is 2.28. The maximum atomic E-state index is 12.2. The molecule has 0 unspecified atom stereocenters. The molecule has 152 valence electrons. The van der Waals surface area contributed by atoms with Crippen LogP contribution in [0.3, 0.4) is 0 Å². The second kappa shape index (κ2) is 9.05. The van der Waals surface area contributed by atoms with Crippen LogP contribution < -0.4 is 24.3 Å². The van der Waals surface area contributed by atoms with Crippen molar-refractivity contribution in [3.05, 3.63) is 83.9 Å². The van der Waals surface area contributed by atoms with E-state index in [0.717, 1.165) is 11.1 Å². The van der Waals surface area contributed by atoms with Gasteiger partial charge in [-0.05, 0) is 41.5 Å². The third-order valence-electron chi connectivity index (χ3n) is 4.49. The zero-order chi connectivity index (χ0) is 20.8. The number of carbonyl (C=O) groups is 1. The van der Waals surface area contributed by atoms with E-state index in [1.807, 2.05) is 48.5 Å². The highest BCUT2D eigenvalue weighted by molar-refractivity contribution is 6.02. The van der Waals surface area contributed by atoms with Crippen LogP contribution in [-0.4, -0.2) is 19.8 Å². The average Bonchev–Trinajstić information content (AvgIpc) is 3.25. The highest BCUT2D eigenvalue weighted by Gasteiger charge is 2.13. The van der Waals surface area contributed by atoms with Crippen molar-refractivity contribution in [2.75, 3.05) is 19.2 Å². The van der Waals surface area contributed by atoms with E-state index in [4.69, 9.17) is 18.9 Å². The molecule has 1 aliphatic rings. The van der Waals surface area contributed by atoms with E-state index in [0.29, 0.717) is 35.3 Å². The summed E-state index contributed by atoms with van der Waals surface area (Å²) in [5.41, 5.74) is 2.53. The first-order valence-electron chi connectivity index (χ1n) is 9.45. The number of fused-ring (bicyclic) bond motifs is 1. The van der Waals surface area contributed by atoms with Crippen LogP contribution in [0.5, 0.6) is 23.0 Å². The predicted octanol–water partition coefficient (Wildman–Crippen LogP) is 4.65. The Balaban J connectivity index is 1.38. The Bertz CT molecular complexity index is 1060. The first-order chi connectivity index (χ1) is 14.7. The zero-order valence-electron chi connectivity index (χ0n) is 16.5. The molecule has 1 amide bonds. The first-order valence-corrected chi connectivity index (χ1v) is 9.45. The quantitative estimate of drug-likeness (QED) is 0.582. The summed E-state index contributed by atoms with van der Waals surface area (Å²) in [6, 6.07) is 20.7. The lowest BCUT2D eigenvalue weighted by molar-refractivity contribution is -0.111. The fourth-order valence-electron chi connectivity index (χ4n) is 2.97. The number of rotatable bonds is 7. The van der Waals surface area contributed by atoms with Gasteiger partial charge in [-0.15, -0.1) is 0 Å². The third kappa shape index (κ3) is 4.72. The number of hydrogen-bond acceptors (Lipinski definition) is 5. The van der Waals surface area contributed by atoms with Gasteiger partial charge in [0.25, 0.3) is 0 Å². The number of benzene rings is 3. The number of methoxy groups -OCH3 is 1. The Morgan fingerprint density at radius 2 is 1.83 bits per heavy atom. The lowest BCUT2D eigenvalue weighted by atomic mass is 10.2. The van der Waals surface area contributed by atoms with Gasteiger partial charge in [0.05, 0.1) is 7.11 Å². The van der Waals surface area contributed by atoms with Gasteiger partial charge in [-0.25, -0.2) is 0 Å². The van der Waals surface area contributed by atoms with E-state index in [1.54, 1.807) is 31.4 Å². The summed E-state index contributed by atoms with van der Waals surface area (Å²) < 4.78 is 21.9. The monoisotopic (exact) mass is 403 g/mol. The Kier molecular flexibility index (Phi) is 5.85. The molecule has 3 aromatic rings. The molecule has 1 aliphatic heterocycles. The Hall–Kier alpha value is -3.93. The van der Waals surface area contributed by atoms with Crippen molar-refractivity contribution in [2.24, 2.45) is 0 Å². The molecule has 6 nitrogen and oxygen atoms in total. The maximum Gasteiger partial charge on any atom is 0.248 e. The molecule has 0 saturated carbocycles. The molecule has 3 aromatic carbocycles. The molecular formula is C24H21NO5. The van der Waals surface area contributed by atoms with Crippen LogP contribution in [0.15, 0.2) is 72.8 Å². The van der Waals surface area contributed by atoms with Gasteiger partial charge < -0.3 is 24.3 Å². The maximum absolute atomic E-state index is 12.2. The van der Waals surface area contributed by atoms with Gasteiger partial charge >= 0.3 is 0 Å². The van der Waals surface area contributed by atoms with Crippen molar-refractivity contribution in [2.45, 2.75) is 6.61 Å². The largest absolute Gasteiger partial charge is 0.493 e. The van der Waals surface area contributed by atoms with Gasteiger partial charge in [-0.3, -0.25) is 4.79 Å². The summed E-state index contributed by atoms with van der Waals surface area (Å²) in [6.45, 7) is 0.643. The number of anilines is 1. The predicted molar refractivity (Wildman–Crippen MR) is 114 cm³/mol. The zero-order valence-corrected chi connectivity index (χ0v) is 16.5. The SMILES string of the molecule is COc1cc(/C=C\C(=O)Nc2ccc3c(c2)OCO3)ccc1OCc1ccccc1. The summed E-state index contributed by atoms with van der Waals surface area (Å²) in [6.07, 6.45) is 3.18. The van der Waals surface area contributed by atoms with Crippen molar-refractivity contribution in [1.29, 1.82) is 0 Å². The molecule has 0 fully saturated rings. The fourth-order valence-corrected chi connectivity index (χ4v) is 2.97. The number of ether oxygens (including phenoxy) is 4. The van der Waals surface area contributed by atoms with Crippen molar-refractivity contribution in [3.8, 4) is 23.0 Å². The van der Waals surface area contributed by atoms with E-state index >= 15 is 0 Å². The van der Waals surface area contributed by atoms with Gasteiger partial charge in [0, 0.05) is 17.8 Å². The van der Waals surface area contributed by atoms with E-state index in [9.17, 15) is 4.79 Å². The normalized spacial score (nSPS) is 12.0. The number of nitrogens with one attached hydrogen (secondary N) is 1. The molecule has 0 saturated heterocycles. The highest BCUT2D eigenvalue weighted by Crippen LogP contribution is 2.34. The molecule has 0 atom stereocenters. The van der Waals surface area contributed by atoms with Gasteiger partial charge in [0.15, 0.2) is 23.0 Å².